The van der Waals surface area contributed by atoms with Crippen molar-refractivity contribution in [3.05, 3.63) is 23.0 Å². The molecule has 0 aromatic carbocycles. The van der Waals surface area contributed by atoms with Crippen LogP contribution in [0.1, 0.15) is 18.3 Å². The molecule has 0 aliphatic carbocycles. The van der Waals surface area contributed by atoms with Gasteiger partial charge in [-0.3, -0.25) is 4.40 Å². The molecular weight excluding hydrogens is 182 g/mol. The maximum atomic E-state index is 5.77. The van der Waals surface area contributed by atoms with Gasteiger partial charge in [0.05, 0.1) is 5.69 Å². The van der Waals surface area contributed by atoms with Crippen molar-refractivity contribution in [2.24, 2.45) is 5.73 Å². The fraction of sp³-hybridized carbons (Fsp3) is 0.444. The van der Waals surface area contributed by atoms with Crippen molar-refractivity contribution in [3.63, 3.8) is 0 Å². The van der Waals surface area contributed by atoms with E-state index in [1.165, 1.54) is 5.69 Å². The smallest absolute Gasteiger partial charge is 0.194 e. The number of imidazole rings is 1. The van der Waals surface area contributed by atoms with Gasteiger partial charge in [-0.05, 0) is 13.8 Å². The molecule has 0 spiro atoms. The first-order valence-electron chi connectivity index (χ1n) is 4.35. The third kappa shape index (κ3) is 1.47. The van der Waals surface area contributed by atoms with Crippen LogP contribution in [0, 0.1) is 6.92 Å². The summed E-state index contributed by atoms with van der Waals surface area (Å²) in [5.74, 6) is 0. The van der Waals surface area contributed by atoms with E-state index in [2.05, 4.69) is 15.6 Å². The highest BCUT2D eigenvalue weighted by Gasteiger charge is 2.10. The number of aryl methyl sites for hydroxylation is 1. The lowest BCUT2D eigenvalue weighted by molar-refractivity contribution is 0.714. The van der Waals surface area contributed by atoms with Gasteiger partial charge in [0.2, 0.25) is 0 Å². The molecule has 0 amide bonds. The fourth-order valence-corrected chi connectivity index (χ4v) is 2.27. The molecule has 0 saturated heterocycles. The number of hydrogen-bond acceptors (Lipinski definition) is 3. The summed E-state index contributed by atoms with van der Waals surface area (Å²) in [6.07, 6.45) is 2.95. The maximum Gasteiger partial charge on any atom is 0.194 e. The molecule has 1 atom stereocenters. The third-order valence-corrected chi connectivity index (χ3v) is 2.83. The minimum Gasteiger partial charge on any atom is -0.328 e. The van der Waals surface area contributed by atoms with Gasteiger partial charge in [-0.2, -0.15) is 0 Å². The number of rotatable bonds is 2. The molecule has 2 aromatic rings. The van der Waals surface area contributed by atoms with Gasteiger partial charge in [0.25, 0.3) is 0 Å². The molecule has 2 N–H and O–H groups in total. The first kappa shape index (κ1) is 8.72. The molecule has 0 fully saturated rings. The lowest BCUT2D eigenvalue weighted by Crippen LogP contribution is -2.19. The van der Waals surface area contributed by atoms with Crippen LogP contribution >= 0.6 is 11.3 Å². The fourth-order valence-electron chi connectivity index (χ4n) is 1.49. The van der Waals surface area contributed by atoms with Crippen LogP contribution in [-0.4, -0.2) is 15.4 Å². The Bertz CT molecular complexity index is 413. The van der Waals surface area contributed by atoms with Crippen LogP contribution in [0.25, 0.3) is 4.96 Å². The highest BCUT2D eigenvalue weighted by molar-refractivity contribution is 7.15. The molecule has 2 heterocycles. The SMILES string of the molecule is Cc1nc2sccn2c1C[C@@H](C)N. The van der Waals surface area contributed by atoms with E-state index in [1.807, 2.05) is 19.2 Å². The van der Waals surface area contributed by atoms with E-state index in [0.29, 0.717) is 0 Å². The predicted molar refractivity (Wildman–Crippen MR) is 55.2 cm³/mol. The number of thiazole rings is 1. The molecule has 13 heavy (non-hydrogen) atoms. The molecular formula is C9H13N3S. The van der Waals surface area contributed by atoms with Crippen molar-refractivity contribution >= 4 is 16.3 Å². The molecule has 0 radical (unpaired) electrons. The quantitative estimate of drug-likeness (QED) is 0.791. The highest BCUT2D eigenvalue weighted by Crippen LogP contribution is 2.17. The molecule has 2 rings (SSSR count). The highest BCUT2D eigenvalue weighted by atomic mass is 32.1. The van der Waals surface area contributed by atoms with E-state index in [9.17, 15) is 0 Å². The van der Waals surface area contributed by atoms with Crippen LogP contribution in [0.15, 0.2) is 11.6 Å². The number of fused-ring (bicyclic) bond motifs is 1. The van der Waals surface area contributed by atoms with E-state index in [-0.39, 0.29) is 6.04 Å². The zero-order chi connectivity index (χ0) is 9.42. The standard InChI is InChI=1S/C9H13N3S/c1-6(10)5-8-7(2)11-9-12(8)3-4-13-9/h3-4,6H,5,10H2,1-2H3/t6-/m1/s1. The zero-order valence-electron chi connectivity index (χ0n) is 7.82. The summed E-state index contributed by atoms with van der Waals surface area (Å²) >= 11 is 1.66. The first-order chi connectivity index (χ1) is 6.18. The van der Waals surface area contributed by atoms with Crippen molar-refractivity contribution in [2.75, 3.05) is 0 Å². The molecule has 4 heteroatoms. The molecule has 3 nitrogen and oxygen atoms in total. The average molecular weight is 195 g/mol. The Morgan fingerprint density at radius 2 is 2.46 bits per heavy atom. The second kappa shape index (κ2) is 3.12. The number of aromatic nitrogens is 2. The van der Waals surface area contributed by atoms with Gasteiger partial charge >= 0.3 is 0 Å². The van der Waals surface area contributed by atoms with Gasteiger partial charge in [-0.25, -0.2) is 4.98 Å². The van der Waals surface area contributed by atoms with Crippen LogP contribution in [0.2, 0.25) is 0 Å². The molecule has 2 aromatic heterocycles. The maximum absolute atomic E-state index is 5.77. The van der Waals surface area contributed by atoms with Crippen molar-refractivity contribution in [3.8, 4) is 0 Å². The van der Waals surface area contributed by atoms with E-state index in [4.69, 9.17) is 5.73 Å². The Morgan fingerprint density at radius 1 is 1.69 bits per heavy atom. The molecule has 0 unspecified atom stereocenters. The molecule has 0 bridgehead atoms. The van der Waals surface area contributed by atoms with Gasteiger partial charge < -0.3 is 5.73 Å². The Morgan fingerprint density at radius 3 is 3.15 bits per heavy atom. The number of nitrogens with two attached hydrogens (primary N) is 1. The predicted octanol–water partition coefficient (Wildman–Crippen LogP) is 1.59. The largest absolute Gasteiger partial charge is 0.328 e. The molecule has 70 valence electrons. The lowest BCUT2D eigenvalue weighted by Gasteiger charge is -2.04. The summed E-state index contributed by atoms with van der Waals surface area (Å²) in [5, 5.41) is 2.05. The van der Waals surface area contributed by atoms with Gasteiger partial charge in [-0.1, -0.05) is 0 Å². The van der Waals surface area contributed by atoms with Crippen LogP contribution in [0.4, 0.5) is 0 Å². The van der Waals surface area contributed by atoms with Crippen LogP contribution < -0.4 is 5.73 Å². The van der Waals surface area contributed by atoms with E-state index in [1.54, 1.807) is 11.3 Å². The third-order valence-electron chi connectivity index (χ3n) is 2.08. The number of hydrogen-bond donors (Lipinski definition) is 1. The Hall–Kier alpha value is -0.870. The normalized spacial score (nSPS) is 13.8. The minimum absolute atomic E-state index is 0.193. The molecule has 0 saturated carbocycles. The number of nitrogens with zero attached hydrogens (tertiary/aromatic N) is 2. The summed E-state index contributed by atoms with van der Waals surface area (Å²) in [6, 6.07) is 0.193. The van der Waals surface area contributed by atoms with Crippen LogP contribution in [-0.2, 0) is 6.42 Å². The van der Waals surface area contributed by atoms with E-state index < -0.39 is 0 Å². The van der Waals surface area contributed by atoms with Crippen LogP contribution in [0.5, 0.6) is 0 Å². The Labute approximate surface area is 81.2 Å². The monoisotopic (exact) mass is 195 g/mol. The van der Waals surface area contributed by atoms with Gasteiger partial charge in [0.15, 0.2) is 4.96 Å². The van der Waals surface area contributed by atoms with Crippen molar-refractivity contribution in [1.29, 1.82) is 0 Å². The Kier molecular flexibility index (Phi) is 2.09. The van der Waals surface area contributed by atoms with Crippen molar-refractivity contribution in [1.82, 2.24) is 9.38 Å². The van der Waals surface area contributed by atoms with E-state index >= 15 is 0 Å². The second-order valence-electron chi connectivity index (χ2n) is 3.38. The summed E-state index contributed by atoms with van der Waals surface area (Å²) in [7, 11) is 0. The van der Waals surface area contributed by atoms with Crippen molar-refractivity contribution < 1.29 is 0 Å². The minimum atomic E-state index is 0.193. The van der Waals surface area contributed by atoms with Crippen molar-refractivity contribution in [2.45, 2.75) is 26.3 Å². The lowest BCUT2D eigenvalue weighted by atomic mass is 10.2. The average Bonchev–Trinajstić information content (AvgIpc) is 2.55. The van der Waals surface area contributed by atoms with Gasteiger partial charge in [0.1, 0.15) is 0 Å². The van der Waals surface area contributed by atoms with Gasteiger partial charge in [-0.15, -0.1) is 11.3 Å². The summed E-state index contributed by atoms with van der Waals surface area (Å²) in [5.41, 5.74) is 8.12. The van der Waals surface area contributed by atoms with Gasteiger partial charge in [0, 0.05) is 29.7 Å². The first-order valence-corrected chi connectivity index (χ1v) is 5.23. The van der Waals surface area contributed by atoms with E-state index in [0.717, 1.165) is 17.1 Å². The van der Waals surface area contributed by atoms with Crippen LogP contribution in [0.3, 0.4) is 0 Å². The topological polar surface area (TPSA) is 43.3 Å². The summed E-state index contributed by atoms with van der Waals surface area (Å²) in [6.45, 7) is 4.06. The molecule has 0 aliphatic rings. The molecule has 0 aliphatic heterocycles. The second-order valence-corrected chi connectivity index (χ2v) is 4.25. The summed E-state index contributed by atoms with van der Waals surface area (Å²) in [4.78, 5) is 5.52. The zero-order valence-corrected chi connectivity index (χ0v) is 8.64. The summed E-state index contributed by atoms with van der Waals surface area (Å²) < 4.78 is 2.13. The Balaban J connectivity index is 2.51.